The van der Waals surface area contributed by atoms with Crippen molar-refractivity contribution in [3.63, 3.8) is 0 Å². The summed E-state index contributed by atoms with van der Waals surface area (Å²) in [6.07, 6.45) is 3.73. The number of nitrogens with zero attached hydrogens (tertiary/aromatic N) is 4. The quantitative estimate of drug-likeness (QED) is 0.918. The average molecular weight is 275 g/mol. The van der Waals surface area contributed by atoms with Crippen molar-refractivity contribution in [2.45, 2.75) is 6.54 Å². The first kappa shape index (κ1) is 12.4. The molecule has 0 amide bonds. The Hall–Kier alpha value is -1.66. The largest absolute Gasteiger partial charge is 0.375 e. The van der Waals surface area contributed by atoms with E-state index in [1.807, 2.05) is 24.5 Å². The van der Waals surface area contributed by atoms with E-state index in [1.165, 1.54) is 4.88 Å². The molecule has 3 heterocycles. The summed E-state index contributed by atoms with van der Waals surface area (Å²) in [4.78, 5) is 14.5. The zero-order valence-electron chi connectivity index (χ0n) is 10.7. The van der Waals surface area contributed by atoms with Crippen molar-refractivity contribution in [3.05, 3.63) is 35.5 Å². The molecule has 2 N–H and O–H groups in total. The molecule has 1 aliphatic rings. The number of rotatable bonds is 3. The molecule has 1 saturated heterocycles. The average Bonchev–Trinajstić information content (AvgIpc) is 2.86. The van der Waals surface area contributed by atoms with Gasteiger partial charge in [0.25, 0.3) is 0 Å². The fraction of sp³-hybridized carbons (Fsp3) is 0.385. The highest BCUT2D eigenvalue weighted by atomic mass is 32.1. The van der Waals surface area contributed by atoms with Crippen molar-refractivity contribution >= 4 is 22.3 Å². The van der Waals surface area contributed by atoms with Crippen LogP contribution in [-0.2, 0) is 6.54 Å². The van der Waals surface area contributed by atoms with Gasteiger partial charge in [0.15, 0.2) is 5.13 Å². The second kappa shape index (κ2) is 5.54. The Kier molecular flexibility index (Phi) is 3.61. The van der Waals surface area contributed by atoms with E-state index in [9.17, 15) is 0 Å². The van der Waals surface area contributed by atoms with Crippen LogP contribution >= 0.6 is 11.3 Å². The highest BCUT2D eigenvalue weighted by molar-refractivity contribution is 7.15. The van der Waals surface area contributed by atoms with Crippen molar-refractivity contribution in [2.24, 2.45) is 0 Å². The maximum Gasteiger partial charge on any atom is 0.180 e. The molecule has 100 valence electrons. The predicted molar refractivity (Wildman–Crippen MR) is 78.3 cm³/mol. The summed E-state index contributed by atoms with van der Waals surface area (Å²) < 4.78 is 0. The van der Waals surface area contributed by atoms with Gasteiger partial charge in [-0.1, -0.05) is 6.07 Å². The number of hydrogen-bond acceptors (Lipinski definition) is 6. The monoisotopic (exact) mass is 275 g/mol. The minimum atomic E-state index is 0.655. The number of piperazine rings is 1. The maximum atomic E-state index is 5.65. The van der Waals surface area contributed by atoms with Gasteiger partial charge in [0, 0.05) is 50.0 Å². The van der Waals surface area contributed by atoms with Crippen LogP contribution in [0.4, 0.5) is 10.9 Å². The van der Waals surface area contributed by atoms with E-state index in [-0.39, 0.29) is 0 Å². The van der Waals surface area contributed by atoms with Gasteiger partial charge in [0.05, 0.1) is 0 Å². The summed E-state index contributed by atoms with van der Waals surface area (Å²) >= 11 is 1.58. The zero-order valence-corrected chi connectivity index (χ0v) is 11.5. The molecule has 19 heavy (non-hydrogen) atoms. The molecule has 2 aromatic heterocycles. The molecule has 0 radical (unpaired) electrons. The van der Waals surface area contributed by atoms with Gasteiger partial charge in [0.2, 0.25) is 0 Å². The maximum absolute atomic E-state index is 5.65. The molecular formula is C13H17N5S. The normalized spacial score (nSPS) is 16.7. The van der Waals surface area contributed by atoms with Crippen LogP contribution in [0.15, 0.2) is 30.6 Å². The first-order valence-corrected chi connectivity index (χ1v) is 7.21. The minimum Gasteiger partial charge on any atom is -0.375 e. The van der Waals surface area contributed by atoms with Gasteiger partial charge in [-0.3, -0.25) is 4.90 Å². The Labute approximate surface area is 116 Å². The van der Waals surface area contributed by atoms with E-state index in [0.717, 1.165) is 38.5 Å². The molecule has 5 nitrogen and oxygen atoms in total. The Morgan fingerprint density at radius 1 is 1.16 bits per heavy atom. The van der Waals surface area contributed by atoms with E-state index in [4.69, 9.17) is 5.73 Å². The summed E-state index contributed by atoms with van der Waals surface area (Å²) in [7, 11) is 0. The summed E-state index contributed by atoms with van der Waals surface area (Å²) in [5, 5.41) is 0.655. The molecule has 3 rings (SSSR count). The lowest BCUT2D eigenvalue weighted by molar-refractivity contribution is 0.251. The van der Waals surface area contributed by atoms with Crippen LogP contribution in [0.1, 0.15) is 4.88 Å². The third-order valence-electron chi connectivity index (χ3n) is 3.30. The summed E-state index contributed by atoms with van der Waals surface area (Å²) in [5.74, 6) is 1.07. The smallest absolute Gasteiger partial charge is 0.180 e. The second-order valence-corrected chi connectivity index (χ2v) is 5.76. The van der Waals surface area contributed by atoms with E-state index >= 15 is 0 Å². The number of thiazole rings is 1. The predicted octanol–water partition coefficient (Wildman–Crippen LogP) is 1.44. The van der Waals surface area contributed by atoms with Crippen molar-refractivity contribution in [2.75, 3.05) is 36.8 Å². The van der Waals surface area contributed by atoms with Crippen LogP contribution in [-0.4, -0.2) is 41.0 Å². The van der Waals surface area contributed by atoms with E-state index in [0.29, 0.717) is 5.13 Å². The Bertz CT molecular complexity index is 519. The first-order valence-electron chi connectivity index (χ1n) is 6.40. The molecule has 0 bridgehead atoms. The van der Waals surface area contributed by atoms with E-state index in [2.05, 4.69) is 25.8 Å². The molecule has 0 unspecified atom stereocenters. The number of nitrogen functional groups attached to an aromatic ring is 1. The topological polar surface area (TPSA) is 58.3 Å². The number of pyridine rings is 1. The summed E-state index contributed by atoms with van der Waals surface area (Å²) in [6, 6.07) is 6.06. The SMILES string of the molecule is Nc1ncc(CN2CCN(c3ccccn3)CC2)s1. The molecule has 0 saturated carbocycles. The second-order valence-electron chi connectivity index (χ2n) is 4.62. The van der Waals surface area contributed by atoms with Crippen molar-refractivity contribution < 1.29 is 0 Å². The lowest BCUT2D eigenvalue weighted by Crippen LogP contribution is -2.46. The highest BCUT2D eigenvalue weighted by Crippen LogP contribution is 2.18. The standard InChI is InChI=1S/C13H17N5S/c14-13-16-9-11(19-13)10-17-5-7-18(8-6-17)12-3-1-2-4-15-12/h1-4,9H,5-8,10H2,(H2,14,16). The molecule has 0 aromatic carbocycles. The Morgan fingerprint density at radius 2 is 2.00 bits per heavy atom. The van der Waals surface area contributed by atoms with Gasteiger partial charge in [-0.2, -0.15) is 0 Å². The zero-order chi connectivity index (χ0) is 13.1. The molecule has 1 fully saturated rings. The van der Waals surface area contributed by atoms with Crippen LogP contribution in [0.5, 0.6) is 0 Å². The van der Waals surface area contributed by atoms with Crippen molar-refractivity contribution in [1.29, 1.82) is 0 Å². The molecule has 0 spiro atoms. The number of anilines is 2. The minimum absolute atomic E-state index is 0.655. The van der Waals surface area contributed by atoms with Gasteiger partial charge in [-0.15, -0.1) is 11.3 Å². The van der Waals surface area contributed by atoms with Crippen LogP contribution in [0.3, 0.4) is 0 Å². The lowest BCUT2D eigenvalue weighted by atomic mass is 10.3. The number of hydrogen-bond donors (Lipinski definition) is 1. The third-order valence-corrected chi connectivity index (χ3v) is 4.11. The van der Waals surface area contributed by atoms with Gasteiger partial charge >= 0.3 is 0 Å². The van der Waals surface area contributed by atoms with E-state index in [1.54, 1.807) is 11.3 Å². The number of aromatic nitrogens is 2. The van der Waals surface area contributed by atoms with Crippen LogP contribution in [0.2, 0.25) is 0 Å². The Morgan fingerprint density at radius 3 is 2.63 bits per heavy atom. The van der Waals surface area contributed by atoms with Crippen LogP contribution in [0, 0.1) is 0 Å². The first-order chi connectivity index (χ1) is 9.31. The van der Waals surface area contributed by atoms with Crippen molar-refractivity contribution in [3.8, 4) is 0 Å². The molecule has 1 aliphatic heterocycles. The molecule has 6 heteroatoms. The van der Waals surface area contributed by atoms with Gasteiger partial charge in [0.1, 0.15) is 5.82 Å². The third kappa shape index (κ3) is 3.02. The fourth-order valence-electron chi connectivity index (χ4n) is 2.29. The summed E-state index contributed by atoms with van der Waals surface area (Å²) in [6.45, 7) is 5.09. The van der Waals surface area contributed by atoms with E-state index < -0.39 is 0 Å². The molecule has 2 aromatic rings. The Balaban J connectivity index is 1.55. The number of nitrogens with two attached hydrogens (primary N) is 1. The lowest BCUT2D eigenvalue weighted by Gasteiger charge is -2.35. The van der Waals surface area contributed by atoms with Gasteiger partial charge in [-0.25, -0.2) is 9.97 Å². The van der Waals surface area contributed by atoms with Crippen LogP contribution < -0.4 is 10.6 Å². The van der Waals surface area contributed by atoms with Gasteiger partial charge in [-0.05, 0) is 12.1 Å². The molecular weight excluding hydrogens is 258 g/mol. The molecule has 0 aliphatic carbocycles. The van der Waals surface area contributed by atoms with Crippen LogP contribution in [0.25, 0.3) is 0 Å². The van der Waals surface area contributed by atoms with Crippen molar-refractivity contribution in [1.82, 2.24) is 14.9 Å². The fourth-order valence-corrected chi connectivity index (χ4v) is 3.02. The molecule has 0 atom stereocenters. The van der Waals surface area contributed by atoms with Gasteiger partial charge < -0.3 is 10.6 Å². The summed E-state index contributed by atoms with van der Waals surface area (Å²) in [5.41, 5.74) is 5.65. The highest BCUT2D eigenvalue weighted by Gasteiger charge is 2.18.